The molecule has 6 nitrogen and oxygen atoms in total. The van der Waals surface area contributed by atoms with Crippen LogP contribution in [0.1, 0.15) is 23.4 Å². The van der Waals surface area contributed by atoms with Gasteiger partial charge < -0.3 is 15.2 Å². The summed E-state index contributed by atoms with van der Waals surface area (Å²) in [5.41, 5.74) is 8.63. The molecule has 1 saturated heterocycles. The number of nitrogens with two attached hydrogens (primary N) is 1. The lowest BCUT2D eigenvalue weighted by Crippen LogP contribution is -2.12. The number of nitrogen functional groups attached to an aromatic ring is 1. The van der Waals surface area contributed by atoms with Crippen LogP contribution in [0.2, 0.25) is 0 Å². The Balaban J connectivity index is 1.61. The third-order valence-corrected chi connectivity index (χ3v) is 3.34. The maximum absolute atomic E-state index is 5.78. The highest BCUT2D eigenvalue weighted by molar-refractivity contribution is 5.39. The molecule has 2 aromatic rings. The third kappa shape index (κ3) is 3.15. The lowest BCUT2D eigenvalue weighted by Gasteiger charge is -2.10. The molecule has 0 unspecified atom stereocenters. The van der Waals surface area contributed by atoms with E-state index < -0.39 is 0 Å². The minimum absolute atomic E-state index is 0.199. The molecule has 3 rings (SSSR count). The monoisotopic (exact) mass is 274 g/mol. The van der Waals surface area contributed by atoms with Crippen molar-refractivity contribution in [2.24, 2.45) is 0 Å². The van der Waals surface area contributed by atoms with Crippen molar-refractivity contribution in [2.75, 3.05) is 18.9 Å². The minimum atomic E-state index is 0.199. The molecular formula is C14H18N4O2. The van der Waals surface area contributed by atoms with Gasteiger partial charge in [-0.25, -0.2) is 0 Å². The SMILES string of the molecule is Nc1[nH]ncc1Cc1cccc(CO[C@H]2CCOC2)n1. The topological polar surface area (TPSA) is 86.1 Å². The van der Waals surface area contributed by atoms with Gasteiger partial charge in [0.1, 0.15) is 5.82 Å². The van der Waals surface area contributed by atoms with Crippen molar-refractivity contribution >= 4 is 5.82 Å². The number of anilines is 1. The summed E-state index contributed by atoms with van der Waals surface area (Å²) in [7, 11) is 0. The third-order valence-electron chi connectivity index (χ3n) is 3.34. The number of ether oxygens (including phenoxy) is 2. The number of hydrogen-bond donors (Lipinski definition) is 2. The number of H-pyrrole nitrogens is 1. The van der Waals surface area contributed by atoms with Crippen molar-refractivity contribution in [1.29, 1.82) is 0 Å². The van der Waals surface area contributed by atoms with Crippen LogP contribution in [0.4, 0.5) is 5.82 Å². The molecule has 20 heavy (non-hydrogen) atoms. The van der Waals surface area contributed by atoms with Gasteiger partial charge in [-0.15, -0.1) is 0 Å². The maximum Gasteiger partial charge on any atom is 0.122 e. The average molecular weight is 274 g/mol. The molecule has 0 saturated carbocycles. The smallest absolute Gasteiger partial charge is 0.122 e. The highest BCUT2D eigenvalue weighted by Crippen LogP contribution is 2.14. The predicted octanol–water partition coefficient (Wildman–Crippen LogP) is 1.28. The zero-order valence-electron chi connectivity index (χ0n) is 11.2. The first-order chi connectivity index (χ1) is 9.81. The standard InChI is InChI=1S/C14H18N4O2/c15-14-10(7-16-18-14)6-11-2-1-3-12(17-11)8-20-13-4-5-19-9-13/h1-3,7,13H,4-6,8-9H2,(H3,15,16,18)/t13-/m0/s1. The van der Waals surface area contributed by atoms with Crippen molar-refractivity contribution in [3.05, 3.63) is 41.3 Å². The number of aromatic nitrogens is 3. The fraction of sp³-hybridized carbons (Fsp3) is 0.429. The Morgan fingerprint density at radius 1 is 1.40 bits per heavy atom. The number of pyridine rings is 1. The summed E-state index contributed by atoms with van der Waals surface area (Å²) in [6, 6.07) is 5.94. The molecule has 3 N–H and O–H groups in total. The van der Waals surface area contributed by atoms with Crippen molar-refractivity contribution in [3.8, 4) is 0 Å². The van der Waals surface area contributed by atoms with Gasteiger partial charge in [0, 0.05) is 24.3 Å². The summed E-state index contributed by atoms with van der Waals surface area (Å²) in [6.07, 6.45) is 3.56. The highest BCUT2D eigenvalue weighted by Gasteiger charge is 2.16. The molecule has 1 fully saturated rings. The zero-order chi connectivity index (χ0) is 13.8. The quantitative estimate of drug-likeness (QED) is 0.858. The Labute approximate surface area is 117 Å². The average Bonchev–Trinajstić information content (AvgIpc) is 3.10. The van der Waals surface area contributed by atoms with E-state index in [-0.39, 0.29) is 6.10 Å². The Morgan fingerprint density at radius 3 is 3.05 bits per heavy atom. The first-order valence-electron chi connectivity index (χ1n) is 6.73. The predicted molar refractivity (Wildman–Crippen MR) is 74.1 cm³/mol. The number of nitrogens with zero attached hydrogens (tertiary/aromatic N) is 2. The van der Waals surface area contributed by atoms with E-state index in [1.165, 1.54) is 0 Å². The first-order valence-corrected chi connectivity index (χ1v) is 6.73. The summed E-state index contributed by atoms with van der Waals surface area (Å²) in [4.78, 5) is 4.59. The molecule has 0 amide bonds. The van der Waals surface area contributed by atoms with Crippen LogP contribution in [-0.4, -0.2) is 34.5 Å². The van der Waals surface area contributed by atoms with E-state index in [1.807, 2.05) is 18.2 Å². The molecule has 6 heteroatoms. The summed E-state index contributed by atoms with van der Waals surface area (Å²) in [6.45, 7) is 1.99. The minimum Gasteiger partial charge on any atom is -0.384 e. The molecule has 2 aromatic heterocycles. The largest absolute Gasteiger partial charge is 0.384 e. The lowest BCUT2D eigenvalue weighted by molar-refractivity contribution is 0.0301. The molecular weight excluding hydrogens is 256 g/mol. The van der Waals surface area contributed by atoms with Gasteiger partial charge in [-0.05, 0) is 18.6 Å². The van der Waals surface area contributed by atoms with Gasteiger partial charge >= 0.3 is 0 Å². The molecule has 106 valence electrons. The van der Waals surface area contributed by atoms with E-state index in [9.17, 15) is 0 Å². The lowest BCUT2D eigenvalue weighted by atomic mass is 10.1. The van der Waals surface area contributed by atoms with Gasteiger partial charge in [0.2, 0.25) is 0 Å². The molecule has 1 aliphatic heterocycles. The van der Waals surface area contributed by atoms with Crippen LogP contribution in [0.25, 0.3) is 0 Å². The van der Waals surface area contributed by atoms with E-state index >= 15 is 0 Å². The van der Waals surface area contributed by atoms with Crippen molar-refractivity contribution < 1.29 is 9.47 Å². The zero-order valence-corrected chi connectivity index (χ0v) is 11.2. The van der Waals surface area contributed by atoms with Gasteiger partial charge in [0.05, 0.1) is 31.2 Å². The Kier molecular flexibility index (Phi) is 3.94. The molecule has 0 aromatic carbocycles. The maximum atomic E-state index is 5.78. The van der Waals surface area contributed by atoms with Gasteiger partial charge in [0.15, 0.2) is 0 Å². The highest BCUT2D eigenvalue weighted by atomic mass is 16.5. The molecule has 0 bridgehead atoms. The first kappa shape index (κ1) is 13.1. The van der Waals surface area contributed by atoms with Crippen molar-refractivity contribution in [2.45, 2.75) is 25.6 Å². The van der Waals surface area contributed by atoms with Crippen LogP contribution in [0, 0.1) is 0 Å². The van der Waals surface area contributed by atoms with Crippen molar-refractivity contribution in [1.82, 2.24) is 15.2 Å². The van der Waals surface area contributed by atoms with E-state index in [1.54, 1.807) is 6.20 Å². The van der Waals surface area contributed by atoms with Crippen LogP contribution < -0.4 is 5.73 Å². The van der Waals surface area contributed by atoms with E-state index in [4.69, 9.17) is 15.2 Å². The van der Waals surface area contributed by atoms with Crippen molar-refractivity contribution in [3.63, 3.8) is 0 Å². The second kappa shape index (κ2) is 6.02. The van der Waals surface area contributed by atoms with Gasteiger partial charge in [0.25, 0.3) is 0 Å². The number of nitrogens with one attached hydrogen (secondary N) is 1. The normalized spacial score (nSPS) is 18.5. The summed E-state index contributed by atoms with van der Waals surface area (Å²) >= 11 is 0. The van der Waals surface area contributed by atoms with E-state index in [0.717, 1.165) is 30.0 Å². The number of hydrogen-bond acceptors (Lipinski definition) is 5. The fourth-order valence-electron chi connectivity index (χ4n) is 2.21. The van der Waals surface area contributed by atoms with Crippen LogP contribution in [0.3, 0.4) is 0 Å². The van der Waals surface area contributed by atoms with Gasteiger partial charge in [-0.2, -0.15) is 5.10 Å². The summed E-state index contributed by atoms with van der Waals surface area (Å²) < 4.78 is 11.1. The Hall–Kier alpha value is -1.92. The molecule has 3 heterocycles. The van der Waals surface area contributed by atoms with Gasteiger partial charge in [-0.1, -0.05) is 6.07 Å². The fourth-order valence-corrected chi connectivity index (χ4v) is 2.21. The molecule has 1 aliphatic rings. The molecule has 1 atom stereocenters. The Morgan fingerprint density at radius 2 is 2.30 bits per heavy atom. The molecule has 0 aliphatic carbocycles. The molecule has 0 radical (unpaired) electrons. The van der Waals surface area contributed by atoms with Crippen LogP contribution in [-0.2, 0) is 22.5 Å². The summed E-state index contributed by atoms with van der Waals surface area (Å²) in [5, 5.41) is 6.64. The second-order valence-corrected chi connectivity index (χ2v) is 4.90. The number of aromatic amines is 1. The van der Waals surface area contributed by atoms with E-state index in [0.29, 0.717) is 25.5 Å². The summed E-state index contributed by atoms with van der Waals surface area (Å²) in [5.74, 6) is 0.594. The number of rotatable bonds is 5. The van der Waals surface area contributed by atoms with Gasteiger partial charge in [-0.3, -0.25) is 10.1 Å². The van der Waals surface area contributed by atoms with Crippen LogP contribution >= 0.6 is 0 Å². The molecule has 0 spiro atoms. The van der Waals surface area contributed by atoms with Crippen LogP contribution in [0.5, 0.6) is 0 Å². The van der Waals surface area contributed by atoms with E-state index in [2.05, 4.69) is 15.2 Å². The second-order valence-electron chi connectivity index (χ2n) is 4.90. The Bertz CT molecular complexity index is 564. The van der Waals surface area contributed by atoms with Crippen LogP contribution in [0.15, 0.2) is 24.4 Å².